The lowest BCUT2D eigenvalue weighted by atomic mass is 10.1. The average molecular weight is 356 g/mol. The molecule has 0 aliphatic heterocycles. The second kappa shape index (κ2) is 5.23. The molecule has 1 aromatic heterocycles. The smallest absolute Gasteiger partial charge is 0.316 e. The van der Waals surface area contributed by atoms with Crippen LogP contribution in [-0.4, -0.2) is 18.9 Å². The van der Waals surface area contributed by atoms with Crippen molar-refractivity contribution >= 4 is 54.9 Å². The molecule has 82 valence electrons. The van der Waals surface area contributed by atoms with Gasteiger partial charge in [-0.1, -0.05) is 0 Å². The number of ether oxygens (including phenoxy) is 1. The first-order chi connectivity index (χ1) is 6.97. The number of rotatable bonds is 3. The molecule has 0 saturated heterocycles. The Morgan fingerprint density at radius 1 is 1.47 bits per heavy atom. The number of hydrogen-bond acceptors (Lipinski definition) is 4. The van der Waals surface area contributed by atoms with Crippen LogP contribution in [0.4, 0.5) is 0 Å². The molecule has 1 atom stereocenters. The zero-order chi connectivity index (χ0) is 11.6. The van der Waals surface area contributed by atoms with Crippen molar-refractivity contribution in [2.24, 2.45) is 5.92 Å². The Hall–Kier alpha value is -0.200. The first-order valence-corrected chi connectivity index (χ1v) is 6.44. The fraction of sp³-hybridized carbons (Fsp3) is 0.333. The van der Waals surface area contributed by atoms with Crippen LogP contribution < -0.4 is 0 Å². The number of carbonyl (C=O) groups is 2. The van der Waals surface area contributed by atoms with Crippen molar-refractivity contribution in [3.05, 3.63) is 19.2 Å². The quantitative estimate of drug-likeness (QED) is 0.474. The van der Waals surface area contributed by atoms with E-state index in [1.54, 1.807) is 6.07 Å². The predicted octanol–water partition coefficient (Wildman–Crippen LogP) is 3.26. The molecule has 6 heteroatoms. The highest BCUT2D eigenvalue weighted by Gasteiger charge is 2.25. The molecule has 1 rings (SSSR count). The van der Waals surface area contributed by atoms with Gasteiger partial charge in [-0.15, -0.1) is 11.3 Å². The van der Waals surface area contributed by atoms with Crippen LogP contribution >= 0.6 is 43.2 Å². The maximum Gasteiger partial charge on any atom is 0.316 e. The third kappa shape index (κ3) is 2.89. The predicted molar refractivity (Wildman–Crippen MR) is 65.2 cm³/mol. The SMILES string of the molecule is COC(=O)C(C)C(=O)c1cc(Br)c(Br)s1. The van der Waals surface area contributed by atoms with Gasteiger partial charge in [0.05, 0.1) is 15.8 Å². The topological polar surface area (TPSA) is 43.4 Å². The summed E-state index contributed by atoms with van der Waals surface area (Å²) in [7, 11) is 1.27. The molecule has 0 radical (unpaired) electrons. The molecule has 0 aliphatic rings. The molecule has 0 saturated carbocycles. The lowest BCUT2D eigenvalue weighted by Crippen LogP contribution is -2.21. The highest BCUT2D eigenvalue weighted by atomic mass is 79.9. The van der Waals surface area contributed by atoms with Gasteiger partial charge in [0, 0.05) is 4.47 Å². The minimum Gasteiger partial charge on any atom is -0.468 e. The Balaban J connectivity index is 2.90. The molecule has 0 fully saturated rings. The molecule has 15 heavy (non-hydrogen) atoms. The molecule has 0 amide bonds. The average Bonchev–Trinajstić information content (AvgIpc) is 2.56. The van der Waals surface area contributed by atoms with E-state index >= 15 is 0 Å². The summed E-state index contributed by atoms with van der Waals surface area (Å²) in [6.45, 7) is 1.54. The second-order valence-corrected chi connectivity index (χ2v) is 6.07. The van der Waals surface area contributed by atoms with E-state index in [9.17, 15) is 9.59 Å². The van der Waals surface area contributed by atoms with E-state index in [4.69, 9.17) is 0 Å². The summed E-state index contributed by atoms with van der Waals surface area (Å²) in [6, 6.07) is 1.69. The molecule has 3 nitrogen and oxygen atoms in total. The molecular weight excluding hydrogens is 348 g/mol. The van der Waals surface area contributed by atoms with Gasteiger partial charge in [0.1, 0.15) is 5.92 Å². The van der Waals surface area contributed by atoms with Gasteiger partial charge in [0.25, 0.3) is 0 Å². The number of esters is 1. The van der Waals surface area contributed by atoms with Crippen LogP contribution in [0.5, 0.6) is 0 Å². The van der Waals surface area contributed by atoms with Crippen molar-refractivity contribution in [1.82, 2.24) is 0 Å². The van der Waals surface area contributed by atoms with Gasteiger partial charge in [-0.25, -0.2) is 0 Å². The molecule has 1 heterocycles. The van der Waals surface area contributed by atoms with Crippen LogP contribution in [0.15, 0.2) is 14.3 Å². The van der Waals surface area contributed by atoms with E-state index in [2.05, 4.69) is 36.6 Å². The van der Waals surface area contributed by atoms with Crippen molar-refractivity contribution < 1.29 is 14.3 Å². The number of hydrogen-bond donors (Lipinski definition) is 0. The Bertz CT molecular complexity index is 381. The maximum absolute atomic E-state index is 11.8. The van der Waals surface area contributed by atoms with Crippen LogP contribution in [-0.2, 0) is 9.53 Å². The zero-order valence-electron chi connectivity index (χ0n) is 8.04. The lowest BCUT2D eigenvalue weighted by molar-refractivity contribution is -0.143. The Morgan fingerprint density at radius 3 is 2.47 bits per heavy atom. The Morgan fingerprint density at radius 2 is 2.07 bits per heavy atom. The monoisotopic (exact) mass is 354 g/mol. The minimum atomic E-state index is -0.757. The Labute approximate surface area is 108 Å². The third-order valence-electron chi connectivity index (χ3n) is 1.84. The second-order valence-electron chi connectivity index (χ2n) is 2.84. The number of thiophene rings is 1. The Kier molecular flexibility index (Phi) is 4.48. The number of carbonyl (C=O) groups excluding carboxylic acids is 2. The first-order valence-electron chi connectivity index (χ1n) is 4.04. The summed E-state index contributed by atoms with van der Waals surface area (Å²) in [5, 5.41) is 0. The first kappa shape index (κ1) is 12.9. The van der Waals surface area contributed by atoms with Crippen molar-refractivity contribution in [2.45, 2.75) is 6.92 Å². The fourth-order valence-electron chi connectivity index (χ4n) is 0.965. The van der Waals surface area contributed by atoms with Gasteiger partial charge in [0.2, 0.25) is 0 Å². The van der Waals surface area contributed by atoms with Crippen LogP contribution in [0.1, 0.15) is 16.6 Å². The van der Waals surface area contributed by atoms with Crippen LogP contribution in [0.25, 0.3) is 0 Å². The number of methoxy groups -OCH3 is 1. The number of halogens is 2. The van der Waals surface area contributed by atoms with Gasteiger partial charge in [-0.2, -0.15) is 0 Å². The van der Waals surface area contributed by atoms with Gasteiger partial charge >= 0.3 is 5.97 Å². The van der Waals surface area contributed by atoms with Crippen molar-refractivity contribution in [1.29, 1.82) is 0 Å². The molecule has 0 aliphatic carbocycles. The summed E-state index contributed by atoms with van der Waals surface area (Å²) < 4.78 is 6.16. The van der Waals surface area contributed by atoms with E-state index in [1.807, 2.05) is 0 Å². The molecule has 1 unspecified atom stereocenters. The minimum absolute atomic E-state index is 0.224. The summed E-state index contributed by atoms with van der Waals surface area (Å²) in [4.78, 5) is 23.5. The number of ketones is 1. The summed E-state index contributed by atoms with van der Waals surface area (Å²) >= 11 is 7.86. The van der Waals surface area contributed by atoms with Gasteiger partial charge in [-0.05, 0) is 44.8 Å². The van der Waals surface area contributed by atoms with Crippen molar-refractivity contribution in [3.63, 3.8) is 0 Å². The summed E-state index contributed by atoms with van der Waals surface area (Å²) in [5.41, 5.74) is 0. The maximum atomic E-state index is 11.8. The zero-order valence-corrected chi connectivity index (χ0v) is 12.0. The summed E-state index contributed by atoms with van der Waals surface area (Å²) in [6.07, 6.45) is 0. The van der Waals surface area contributed by atoms with E-state index < -0.39 is 11.9 Å². The molecule has 0 aromatic carbocycles. The van der Waals surface area contributed by atoms with E-state index in [1.165, 1.54) is 25.4 Å². The van der Waals surface area contributed by atoms with Gasteiger partial charge < -0.3 is 4.74 Å². The van der Waals surface area contributed by atoms with Crippen LogP contribution in [0.2, 0.25) is 0 Å². The van der Waals surface area contributed by atoms with Crippen LogP contribution in [0, 0.1) is 5.92 Å². The third-order valence-corrected chi connectivity index (χ3v) is 5.11. The lowest BCUT2D eigenvalue weighted by Gasteiger charge is -2.05. The highest BCUT2D eigenvalue weighted by Crippen LogP contribution is 2.33. The van der Waals surface area contributed by atoms with Gasteiger partial charge in [0.15, 0.2) is 5.78 Å². The standard InChI is InChI=1S/C9H8Br2O3S/c1-4(9(13)14-2)7(12)6-3-5(10)8(11)15-6/h3-4H,1-2H3. The fourth-order valence-corrected chi connectivity index (χ4v) is 3.03. The largest absolute Gasteiger partial charge is 0.468 e. The molecular formula is C9H8Br2O3S. The molecule has 1 aromatic rings. The van der Waals surface area contributed by atoms with E-state index in [0.29, 0.717) is 4.88 Å². The van der Waals surface area contributed by atoms with Gasteiger partial charge in [-0.3, -0.25) is 9.59 Å². The summed E-state index contributed by atoms with van der Waals surface area (Å²) in [5.74, 6) is -1.49. The molecule has 0 bridgehead atoms. The molecule has 0 N–H and O–H groups in total. The van der Waals surface area contributed by atoms with Crippen molar-refractivity contribution in [2.75, 3.05) is 7.11 Å². The number of Topliss-reactive ketones (excluding diaryl/α,β-unsaturated/α-hetero) is 1. The van der Waals surface area contributed by atoms with Crippen LogP contribution in [0.3, 0.4) is 0 Å². The van der Waals surface area contributed by atoms with Crippen molar-refractivity contribution in [3.8, 4) is 0 Å². The highest BCUT2D eigenvalue weighted by molar-refractivity contribution is 9.13. The molecule has 0 spiro atoms. The normalized spacial score (nSPS) is 12.3. The van der Waals surface area contributed by atoms with E-state index in [0.717, 1.165) is 8.26 Å². The van der Waals surface area contributed by atoms with E-state index in [-0.39, 0.29) is 5.78 Å².